The lowest BCUT2D eigenvalue weighted by Crippen LogP contribution is -2.38. The van der Waals surface area contributed by atoms with Gasteiger partial charge in [-0.05, 0) is 85.7 Å². The maximum absolute atomic E-state index is 13.2. The first-order valence-electron chi connectivity index (χ1n) is 12.3. The summed E-state index contributed by atoms with van der Waals surface area (Å²) in [5.41, 5.74) is 3.51. The fraction of sp³-hybridized carbons (Fsp3) is 0.481. The van der Waals surface area contributed by atoms with Crippen LogP contribution in [-0.4, -0.2) is 30.1 Å². The Labute approximate surface area is 206 Å². The quantitative estimate of drug-likeness (QED) is 0.354. The molecule has 0 aliphatic carbocycles. The standard InChI is InChI=1S/C27H36N6O2/c1-8-27(6,7)33-25(29-30-31-33)24(17(2)3)32(16-22-10-9-11-35-22)15-21-14-20-13-18(4)12-19(5)23(20)28-26(21)34/h9-14,17,24H,8,15-16H2,1-7H3,(H,28,34)/t24-/m0/s1. The van der Waals surface area contributed by atoms with Crippen molar-refractivity contribution in [2.24, 2.45) is 5.92 Å². The van der Waals surface area contributed by atoms with Gasteiger partial charge in [0.15, 0.2) is 5.82 Å². The van der Waals surface area contributed by atoms with Crippen molar-refractivity contribution >= 4 is 10.9 Å². The van der Waals surface area contributed by atoms with Crippen molar-refractivity contribution in [3.63, 3.8) is 0 Å². The van der Waals surface area contributed by atoms with E-state index in [1.54, 1.807) is 6.26 Å². The van der Waals surface area contributed by atoms with Crippen LogP contribution in [0.2, 0.25) is 0 Å². The number of H-pyrrole nitrogens is 1. The molecule has 35 heavy (non-hydrogen) atoms. The average Bonchev–Trinajstić information content (AvgIpc) is 3.47. The Bertz CT molecular complexity index is 1350. The number of aromatic amines is 1. The van der Waals surface area contributed by atoms with Gasteiger partial charge >= 0.3 is 0 Å². The zero-order valence-electron chi connectivity index (χ0n) is 21.8. The first-order chi connectivity index (χ1) is 16.6. The lowest BCUT2D eigenvalue weighted by Gasteiger charge is -2.35. The lowest BCUT2D eigenvalue weighted by molar-refractivity contribution is 0.109. The zero-order valence-corrected chi connectivity index (χ0v) is 21.8. The van der Waals surface area contributed by atoms with Gasteiger partial charge in [-0.2, -0.15) is 0 Å². The zero-order chi connectivity index (χ0) is 25.3. The Kier molecular flexibility index (Phi) is 6.94. The van der Waals surface area contributed by atoms with Crippen molar-refractivity contribution in [1.29, 1.82) is 0 Å². The molecule has 1 atom stereocenters. The van der Waals surface area contributed by atoms with E-state index in [1.165, 1.54) is 5.56 Å². The summed E-state index contributed by atoms with van der Waals surface area (Å²) in [4.78, 5) is 18.6. The first-order valence-corrected chi connectivity index (χ1v) is 12.3. The van der Waals surface area contributed by atoms with Crippen molar-refractivity contribution in [2.45, 2.75) is 79.6 Å². The maximum Gasteiger partial charge on any atom is 0.252 e. The molecule has 4 aromatic rings. The molecular formula is C27H36N6O2. The second-order valence-electron chi connectivity index (χ2n) is 10.5. The molecule has 0 spiro atoms. The van der Waals surface area contributed by atoms with Crippen LogP contribution in [-0.2, 0) is 18.6 Å². The monoisotopic (exact) mass is 476 g/mol. The summed E-state index contributed by atoms with van der Waals surface area (Å²) in [5.74, 6) is 1.81. The highest BCUT2D eigenvalue weighted by Crippen LogP contribution is 2.33. The first kappa shape index (κ1) is 24.9. The van der Waals surface area contributed by atoms with Gasteiger partial charge in [-0.15, -0.1) is 5.10 Å². The van der Waals surface area contributed by atoms with Crippen LogP contribution in [0, 0.1) is 19.8 Å². The predicted octanol–water partition coefficient (Wildman–Crippen LogP) is 5.27. The number of furan rings is 1. The number of pyridine rings is 1. The van der Waals surface area contributed by atoms with Crippen LogP contribution < -0.4 is 5.56 Å². The van der Waals surface area contributed by atoms with Crippen molar-refractivity contribution in [1.82, 2.24) is 30.1 Å². The van der Waals surface area contributed by atoms with E-state index in [0.29, 0.717) is 18.7 Å². The highest BCUT2D eigenvalue weighted by molar-refractivity contribution is 5.82. The highest BCUT2D eigenvalue weighted by Gasteiger charge is 2.34. The molecule has 3 aromatic heterocycles. The normalized spacial score (nSPS) is 13.3. The van der Waals surface area contributed by atoms with Gasteiger partial charge in [-0.1, -0.05) is 32.4 Å². The minimum Gasteiger partial charge on any atom is -0.468 e. The molecule has 0 saturated heterocycles. The third kappa shape index (κ3) is 5.07. The molecule has 8 heteroatoms. The molecule has 1 N–H and O–H groups in total. The number of nitrogens with zero attached hydrogens (tertiary/aromatic N) is 5. The number of hydrogen-bond acceptors (Lipinski definition) is 6. The maximum atomic E-state index is 13.2. The Morgan fingerprint density at radius 2 is 1.94 bits per heavy atom. The van der Waals surface area contributed by atoms with Gasteiger partial charge in [0.05, 0.1) is 29.9 Å². The molecule has 0 fully saturated rings. The van der Waals surface area contributed by atoms with Gasteiger partial charge in [-0.25, -0.2) is 4.68 Å². The van der Waals surface area contributed by atoms with E-state index in [2.05, 4.69) is 79.1 Å². The molecule has 0 bridgehead atoms. The molecule has 1 aromatic carbocycles. The van der Waals surface area contributed by atoms with E-state index in [0.717, 1.165) is 34.5 Å². The minimum absolute atomic E-state index is 0.0788. The average molecular weight is 477 g/mol. The molecule has 3 heterocycles. The Morgan fingerprint density at radius 3 is 2.60 bits per heavy atom. The Morgan fingerprint density at radius 1 is 1.17 bits per heavy atom. The number of nitrogens with one attached hydrogen (secondary N) is 1. The van der Waals surface area contributed by atoms with Crippen molar-refractivity contribution in [3.8, 4) is 0 Å². The third-order valence-electron chi connectivity index (χ3n) is 6.90. The van der Waals surface area contributed by atoms with E-state index in [4.69, 9.17) is 4.42 Å². The van der Waals surface area contributed by atoms with Gasteiger partial charge < -0.3 is 9.40 Å². The van der Waals surface area contributed by atoms with Crippen LogP contribution in [0.15, 0.2) is 45.8 Å². The number of rotatable bonds is 9. The summed E-state index contributed by atoms with van der Waals surface area (Å²) in [5, 5.41) is 13.9. The van der Waals surface area contributed by atoms with Crippen LogP contribution in [0.4, 0.5) is 0 Å². The number of fused-ring (bicyclic) bond motifs is 1. The van der Waals surface area contributed by atoms with Crippen LogP contribution in [0.25, 0.3) is 10.9 Å². The molecule has 0 amide bonds. The SMILES string of the molecule is CCC(C)(C)n1nnnc1[C@H](C(C)C)N(Cc1ccco1)Cc1cc2cc(C)cc(C)c2[nH]c1=O. The molecule has 0 radical (unpaired) electrons. The van der Waals surface area contributed by atoms with E-state index in [1.807, 2.05) is 29.8 Å². The fourth-order valence-electron chi connectivity index (χ4n) is 4.77. The van der Waals surface area contributed by atoms with E-state index < -0.39 is 0 Å². The fourth-order valence-corrected chi connectivity index (χ4v) is 4.77. The topological polar surface area (TPSA) is 92.8 Å². The third-order valence-corrected chi connectivity index (χ3v) is 6.90. The van der Waals surface area contributed by atoms with Gasteiger partial charge in [0.1, 0.15) is 5.76 Å². The van der Waals surface area contributed by atoms with Crippen molar-refractivity contribution in [2.75, 3.05) is 0 Å². The van der Waals surface area contributed by atoms with Gasteiger partial charge in [0.2, 0.25) is 0 Å². The summed E-state index contributed by atoms with van der Waals surface area (Å²) >= 11 is 0. The van der Waals surface area contributed by atoms with Crippen LogP contribution >= 0.6 is 0 Å². The Hall–Kier alpha value is -3.26. The molecule has 186 valence electrons. The van der Waals surface area contributed by atoms with Crippen molar-refractivity contribution < 1.29 is 4.42 Å². The summed E-state index contributed by atoms with van der Waals surface area (Å²) in [7, 11) is 0. The second kappa shape index (κ2) is 9.77. The largest absolute Gasteiger partial charge is 0.468 e. The number of aryl methyl sites for hydroxylation is 2. The Balaban J connectivity index is 1.81. The molecule has 0 unspecified atom stereocenters. The number of hydrogen-bond donors (Lipinski definition) is 1. The van der Waals surface area contributed by atoms with Crippen LogP contribution in [0.1, 0.15) is 75.4 Å². The van der Waals surface area contributed by atoms with Gasteiger partial charge in [0, 0.05) is 12.1 Å². The molecule has 0 aliphatic rings. The molecule has 4 rings (SSSR count). The summed E-state index contributed by atoms with van der Waals surface area (Å²) in [6.07, 6.45) is 2.56. The van der Waals surface area contributed by atoms with E-state index in [-0.39, 0.29) is 23.1 Å². The smallest absolute Gasteiger partial charge is 0.252 e. The number of tetrazole rings is 1. The molecule has 0 saturated carbocycles. The summed E-state index contributed by atoms with van der Waals surface area (Å²) in [6.45, 7) is 15.8. The molecule has 8 nitrogen and oxygen atoms in total. The number of aromatic nitrogens is 5. The predicted molar refractivity (Wildman–Crippen MR) is 137 cm³/mol. The van der Waals surface area contributed by atoms with E-state index in [9.17, 15) is 4.79 Å². The minimum atomic E-state index is -0.238. The highest BCUT2D eigenvalue weighted by atomic mass is 16.3. The summed E-state index contributed by atoms with van der Waals surface area (Å²) < 4.78 is 7.65. The second-order valence-corrected chi connectivity index (χ2v) is 10.5. The van der Waals surface area contributed by atoms with E-state index >= 15 is 0 Å². The molecule has 0 aliphatic heterocycles. The molecular weight excluding hydrogens is 440 g/mol. The number of benzene rings is 1. The van der Waals surface area contributed by atoms with Gasteiger partial charge in [-0.3, -0.25) is 9.69 Å². The summed E-state index contributed by atoms with van der Waals surface area (Å²) in [6, 6.07) is 9.93. The van der Waals surface area contributed by atoms with Crippen LogP contribution in [0.5, 0.6) is 0 Å². The lowest BCUT2D eigenvalue weighted by atomic mass is 9.97. The van der Waals surface area contributed by atoms with Crippen molar-refractivity contribution in [3.05, 3.63) is 75.2 Å². The van der Waals surface area contributed by atoms with Gasteiger partial charge in [0.25, 0.3) is 5.56 Å². The van der Waals surface area contributed by atoms with Crippen LogP contribution in [0.3, 0.4) is 0 Å².